The molecule has 2 aliphatic rings. The summed E-state index contributed by atoms with van der Waals surface area (Å²) < 4.78 is 4.97. The lowest BCUT2D eigenvalue weighted by molar-refractivity contribution is 0.0429. The molecule has 0 bridgehead atoms. The summed E-state index contributed by atoms with van der Waals surface area (Å²) in [5, 5.41) is 6.62. The van der Waals surface area contributed by atoms with Gasteiger partial charge in [-0.05, 0) is 6.08 Å². The van der Waals surface area contributed by atoms with E-state index >= 15 is 0 Å². The standard InChI is InChI=1S/C7H10N4OS/c1-12-5-10-4-6-8-3-2-7(13)11(6)9-10/h2-4,8-9H,5H2,1H3. The minimum absolute atomic E-state index is 0.476. The fourth-order valence-electron chi connectivity index (χ4n) is 1.16. The van der Waals surface area contributed by atoms with Crippen molar-refractivity contribution in [2.45, 2.75) is 0 Å². The van der Waals surface area contributed by atoms with Crippen LogP contribution in [0.15, 0.2) is 24.3 Å². The van der Waals surface area contributed by atoms with Crippen LogP contribution in [0.25, 0.3) is 0 Å². The molecule has 0 aromatic rings. The number of fused-ring (bicyclic) bond motifs is 1. The highest BCUT2D eigenvalue weighted by molar-refractivity contribution is 7.80. The maximum absolute atomic E-state index is 5.11. The van der Waals surface area contributed by atoms with Crippen molar-refractivity contribution in [3.63, 3.8) is 0 Å². The molecule has 0 atom stereocenters. The van der Waals surface area contributed by atoms with Gasteiger partial charge in [-0.2, -0.15) is 0 Å². The van der Waals surface area contributed by atoms with Crippen molar-refractivity contribution in [1.29, 1.82) is 0 Å². The Hall–Kier alpha value is -1.11. The predicted octanol–water partition coefficient (Wildman–Crippen LogP) is -0.129. The number of nitrogens with zero attached hydrogens (tertiary/aromatic N) is 2. The van der Waals surface area contributed by atoms with Gasteiger partial charge in [-0.3, -0.25) is 5.01 Å². The van der Waals surface area contributed by atoms with Crippen LogP contribution in [0.4, 0.5) is 0 Å². The van der Waals surface area contributed by atoms with Gasteiger partial charge in [-0.15, -0.1) is 5.53 Å². The summed E-state index contributed by atoms with van der Waals surface area (Å²) in [6.07, 6.45) is 5.51. The zero-order valence-corrected chi connectivity index (χ0v) is 7.97. The molecule has 2 rings (SSSR count). The topological polar surface area (TPSA) is 39.8 Å². The number of hydrogen-bond acceptors (Lipinski definition) is 5. The van der Waals surface area contributed by atoms with Gasteiger partial charge in [0.1, 0.15) is 17.5 Å². The Morgan fingerprint density at radius 1 is 1.62 bits per heavy atom. The summed E-state index contributed by atoms with van der Waals surface area (Å²) in [5.74, 6) is 0.907. The molecule has 6 heteroatoms. The van der Waals surface area contributed by atoms with Crippen LogP contribution in [0.1, 0.15) is 0 Å². The molecule has 0 saturated heterocycles. The molecule has 0 amide bonds. The average Bonchev–Trinajstić information content (AvgIpc) is 2.49. The molecule has 2 N–H and O–H groups in total. The zero-order chi connectivity index (χ0) is 9.26. The third-order valence-electron chi connectivity index (χ3n) is 1.69. The first-order valence-electron chi connectivity index (χ1n) is 3.82. The average molecular weight is 198 g/mol. The first kappa shape index (κ1) is 8.49. The van der Waals surface area contributed by atoms with Gasteiger partial charge in [0, 0.05) is 13.3 Å². The quantitative estimate of drug-likeness (QED) is 0.602. The molecule has 0 saturated carbocycles. The molecule has 0 unspecified atom stereocenters. The van der Waals surface area contributed by atoms with E-state index in [4.69, 9.17) is 17.0 Å². The SMILES string of the molecule is COCN1C=C2NC=CC(=S)N2N1. The third-order valence-corrected chi connectivity index (χ3v) is 2.01. The first-order valence-corrected chi connectivity index (χ1v) is 4.23. The van der Waals surface area contributed by atoms with Gasteiger partial charge >= 0.3 is 0 Å². The normalized spacial score (nSPS) is 20.1. The van der Waals surface area contributed by atoms with Crippen LogP contribution < -0.4 is 10.9 Å². The monoisotopic (exact) mass is 198 g/mol. The van der Waals surface area contributed by atoms with E-state index in [1.807, 2.05) is 18.5 Å². The Bertz CT molecular complexity index is 288. The van der Waals surface area contributed by atoms with Crippen LogP contribution in [0.5, 0.6) is 0 Å². The molecular formula is C7H10N4OS. The van der Waals surface area contributed by atoms with Gasteiger partial charge < -0.3 is 10.1 Å². The highest BCUT2D eigenvalue weighted by Crippen LogP contribution is 2.12. The molecule has 0 aromatic heterocycles. The van der Waals surface area contributed by atoms with E-state index in [2.05, 4.69) is 10.9 Å². The Balaban J connectivity index is 2.10. The third kappa shape index (κ3) is 1.51. The van der Waals surface area contributed by atoms with Gasteiger partial charge in [0.05, 0.1) is 6.20 Å². The number of ether oxygens (including phenoxy) is 1. The molecule has 0 aromatic carbocycles. The minimum atomic E-state index is 0.476. The summed E-state index contributed by atoms with van der Waals surface area (Å²) in [7, 11) is 1.64. The lowest BCUT2D eigenvalue weighted by Crippen LogP contribution is -2.46. The fraction of sp³-hybridized carbons (Fsp3) is 0.286. The Kier molecular flexibility index (Phi) is 2.17. The predicted molar refractivity (Wildman–Crippen MR) is 51.6 cm³/mol. The van der Waals surface area contributed by atoms with E-state index in [0.717, 1.165) is 10.8 Å². The largest absolute Gasteiger partial charge is 0.363 e. The molecule has 70 valence electrons. The maximum atomic E-state index is 5.11. The summed E-state index contributed by atoms with van der Waals surface area (Å²) in [6.45, 7) is 0.476. The number of thiocarbonyl (C=S) groups is 1. The summed E-state index contributed by atoms with van der Waals surface area (Å²) in [6, 6.07) is 0. The zero-order valence-electron chi connectivity index (χ0n) is 7.15. The number of hydrogen-bond donors (Lipinski definition) is 2. The maximum Gasteiger partial charge on any atom is 0.145 e. The highest BCUT2D eigenvalue weighted by Gasteiger charge is 2.24. The van der Waals surface area contributed by atoms with E-state index in [1.54, 1.807) is 17.1 Å². The first-order chi connectivity index (χ1) is 6.31. The van der Waals surface area contributed by atoms with Crippen molar-refractivity contribution in [2.75, 3.05) is 13.8 Å². The number of rotatable bonds is 2. The summed E-state index contributed by atoms with van der Waals surface area (Å²) in [5.41, 5.74) is 3.04. The Morgan fingerprint density at radius 2 is 2.46 bits per heavy atom. The summed E-state index contributed by atoms with van der Waals surface area (Å²) in [4.78, 5) is 0.726. The van der Waals surface area contributed by atoms with Crippen molar-refractivity contribution in [3.05, 3.63) is 24.3 Å². The molecule has 2 heterocycles. The molecule has 0 aliphatic carbocycles. The van der Waals surface area contributed by atoms with Gasteiger partial charge in [0.15, 0.2) is 0 Å². The lowest BCUT2D eigenvalue weighted by Gasteiger charge is -2.25. The van der Waals surface area contributed by atoms with Gasteiger partial charge in [0.25, 0.3) is 0 Å². The van der Waals surface area contributed by atoms with Crippen molar-refractivity contribution in [3.8, 4) is 0 Å². The van der Waals surface area contributed by atoms with Gasteiger partial charge in [0.2, 0.25) is 0 Å². The molecular weight excluding hydrogens is 188 g/mol. The van der Waals surface area contributed by atoms with Crippen LogP contribution in [0.2, 0.25) is 0 Å². The smallest absolute Gasteiger partial charge is 0.145 e. The van der Waals surface area contributed by atoms with Crippen molar-refractivity contribution in [2.24, 2.45) is 0 Å². The van der Waals surface area contributed by atoms with Crippen LogP contribution in [0.3, 0.4) is 0 Å². The van der Waals surface area contributed by atoms with E-state index in [0.29, 0.717) is 6.73 Å². The minimum Gasteiger partial charge on any atom is -0.363 e. The van der Waals surface area contributed by atoms with Crippen LogP contribution in [-0.4, -0.2) is 28.8 Å². The van der Waals surface area contributed by atoms with Crippen molar-refractivity contribution in [1.82, 2.24) is 20.9 Å². The molecule has 2 aliphatic heterocycles. The second-order valence-electron chi connectivity index (χ2n) is 2.65. The van der Waals surface area contributed by atoms with Crippen molar-refractivity contribution >= 4 is 17.2 Å². The Labute approximate surface area is 81.6 Å². The van der Waals surface area contributed by atoms with E-state index in [1.165, 1.54) is 0 Å². The van der Waals surface area contributed by atoms with Crippen LogP contribution >= 0.6 is 12.2 Å². The molecule has 0 spiro atoms. The second-order valence-corrected chi connectivity index (χ2v) is 3.07. The highest BCUT2D eigenvalue weighted by atomic mass is 32.1. The lowest BCUT2D eigenvalue weighted by atomic mass is 10.5. The van der Waals surface area contributed by atoms with Crippen LogP contribution in [-0.2, 0) is 4.74 Å². The van der Waals surface area contributed by atoms with Crippen LogP contribution in [0, 0.1) is 0 Å². The van der Waals surface area contributed by atoms with E-state index < -0.39 is 0 Å². The number of hydrazine groups is 2. The number of nitrogens with one attached hydrogen (secondary N) is 2. The van der Waals surface area contributed by atoms with E-state index in [-0.39, 0.29) is 0 Å². The van der Waals surface area contributed by atoms with E-state index in [9.17, 15) is 0 Å². The second kappa shape index (κ2) is 3.33. The number of methoxy groups -OCH3 is 1. The molecule has 0 radical (unpaired) electrons. The van der Waals surface area contributed by atoms with Gasteiger partial charge in [-0.1, -0.05) is 12.2 Å². The fourth-order valence-corrected chi connectivity index (χ4v) is 1.37. The Morgan fingerprint density at radius 3 is 3.15 bits per heavy atom. The summed E-state index contributed by atoms with van der Waals surface area (Å²) >= 11 is 5.11. The molecule has 0 fully saturated rings. The van der Waals surface area contributed by atoms with Gasteiger partial charge in [-0.25, -0.2) is 5.01 Å². The molecule has 13 heavy (non-hydrogen) atoms. The molecule has 5 nitrogen and oxygen atoms in total. The van der Waals surface area contributed by atoms with Crippen molar-refractivity contribution < 1.29 is 4.74 Å².